The van der Waals surface area contributed by atoms with Crippen molar-refractivity contribution in [3.63, 3.8) is 0 Å². The number of methoxy groups -OCH3 is 1. The molecule has 0 saturated heterocycles. The van der Waals surface area contributed by atoms with Crippen molar-refractivity contribution in [2.75, 3.05) is 13.7 Å². The highest BCUT2D eigenvalue weighted by molar-refractivity contribution is 5.72. The Morgan fingerprint density at radius 2 is 2.07 bits per heavy atom. The summed E-state index contributed by atoms with van der Waals surface area (Å²) in [6, 6.07) is 0.542. The van der Waals surface area contributed by atoms with E-state index in [1.165, 1.54) is 26.4 Å². The van der Waals surface area contributed by atoms with E-state index in [9.17, 15) is 9.59 Å². The van der Waals surface area contributed by atoms with E-state index in [4.69, 9.17) is 9.47 Å². The van der Waals surface area contributed by atoms with Crippen LogP contribution in [0.3, 0.4) is 0 Å². The third-order valence-corrected chi connectivity index (χ3v) is 5.25. The molecular weight excluding hydrogens is 358 g/mol. The summed E-state index contributed by atoms with van der Waals surface area (Å²) < 4.78 is 12.4. The maximum Gasteiger partial charge on any atom is 0.407 e. The fourth-order valence-corrected chi connectivity index (χ4v) is 3.54. The van der Waals surface area contributed by atoms with Crippen LogP contribution >= 0.6 is 0 Å². The first-order chi connectivity index (χ1) is 13.2. The lowest BCUT2D eigenvalue weighted by Gasteiger charge is -2.35. The molecule has 0 spiro atoms. The number of hydrogen-bond acceptors (Lipinski definition) is 5. The molecule has 1 amide bonds. The van der Waals surface area contributed by atoms with E-state index in [-0.39, 0.29) is 11.9 Å². The highest BCUT2D eigenvalue weighted by Crippen LogP contribution is 2.39. The molecule has 0 aromatic carbocycles. The van der Waals surface area contributed by atoms with Crippen molar-refractivity contribution in [1.82, 2.24) is 14.9 Å². The van der Waals surface area contributed by atoms with E-state index in [1.54, 1.807) is 0 Å². The quantitative estimate of drug-likeness (QED) is 0.508. The second-order valence-electron chi connectivity index (χ2n) is 8.71. The Morgan fingerprint density at radius 3 is 2.68 bits per heavy atom. The number of rotatable bonds is 9. The lowest BCUT2D eigenvalue weighted by atomic mass is 9.78. The molecular formula is C21H35N3O4. The van der Waals surface area contributed by atoms with Crippen LogP contribution in [0.4, 0.5) is 4.79 Å². The number of nitrogens with one attached hydrogen (secondary N) is 1. The van der Waals surface area contributed by atoms with Crippen LogP contribution < -0.4 is 5.32 Å². The number of alkyl carbamates (subject to hydrolysis) is 1. The average molecular weight is 394 g/mol. The molecule has 1 aliphatic rings. The number of nitrogens with zero attached hydrogens (tertiary/aromatic N) is 2. The third-order valence-electron chi connectivity index (χ3n) is 5.25. The Balaban J connectivity index is 1.79. The maximum atomic E-state index is 12.2. The number of carbonyl (C=O) groups excluding carboxylic acids is 2. The van der Waals surface area contributed by atoms with Gasteiger partial charge in [0.2, 0.25) is 0 Å². The highest BCUT2D eigenvalue weighted by atomic mass is 16.6. The minimum atomic E-state index is -0.519. The number of aromatic nitrogens is 2. The Morgan fingerprint density at radius 1 is 1.36 bits per heavy atom. The first kappa shape index (κ1) is 22.2. The highest BCUT2D eigenvalue weighted by Gasteiger charge is 2.29. The molecule has 1 N–H and O–H groups in total. The van der Waals surface area contributed by atoms with Gasteiger partial charge < -0.3 is 19.4 Å². The molecule has 1 aliphatic carbocycles. The molecule has 1 aromatic rings. The fourth-order valence-electron chi connectivity index (χ4n) is 3.54. The van der Waals surface area contributed by atoms with Gasteiger partial charge in [-0.25, -0.2) is 9.78 Å². The Labute approximate surface area is 168 Å². The topological polar surface area (TPSA) is 82.5 Å². The van der Waals surface area contributed by atoms with Crippen molar-refractivity contribution in [2.45, 2.75) is 77.9 Å². The summed E-state index contributed by atoms with van der Waals surface area (Å²) in [7, 11) is 1.41. The van der Waals surface area contributed by atoms with Gasteiger partial charge in [-0.2, -0.15) is 0 Å². The number of amides is 1. The van der Waals surface area contributed by atoms with Gasteiger partial charge in [0.25, 0.3) is 0 Å². The molecule has 1 atom stereocenters. The summed E-state index contributed by atoms with van der Waals surface area (Å²) in [4.78, 5) is 28.3. The fraction of sp³-hybridized carbons (Fsp3) is 0.762. The Bertz CT molecular complexity index is 644. The van der Waals surface area contributed by atoms with E-state index in [1.807, 2.05) is 27.1 Å². The molecule has 0 aliphatic heterocycles. The summed E-state index contributed by atoms with van der Waals surface area (Å²) in [5.41, 5.74) is 0.394. The van der Waals surface area contributed by atoms with Gasteiger partial charge in [0.05, 0.1) is 25.0 Å². The van der Waals surface area contributed by atoms with E-state index < -0.39 is 11.7 Å². The monoisotopic (exact) mass is 393 g/mol. The summed E-state index contributed by atoms with van der Waals surface area (Å²) in [6.45, 7) is 8.16. The zero-order valence-corrected chi connectivity index (χ0v) is 17.9. The second kappa shape index (κ2) is 9.94. The lowest BCUT2D eigenvalue weighted by molar-refractivity contribution is -0.145. The van der Waals surface area contributed by atoms with E-state index >= 15 is 0 Å². The number of imidazole rings is 1. The predicted octanol–water partition coefficient (Wildman–Crippen LogP) is 3.88. The molecule has 0 radical (unpaired) electrons. The summed E-state index contributed by atoms with van der Waals surface area (Å²) in [6.07, 6.45) is 9.00. The second-order valence-corrected chi connectivity index (χ2v) is 8.71. The van der Waals surface area contributed by atoms with Crippen LogP contribution in [0.2, 0.25) is 0 Å². The van der Waals surface area contributed by atoms with Gasteiger partial charge in [-0.05, 0) is 52.4 Å². The van der Waals surface area contributed by atoms with E-state index in [2.05, 4.69) is 28.0 Å². The van der Waals surface area contributed by atoms with Crippen molar-refractivity contribution in [3.05, 3.63) is 18.2 Å². The van der Waals surface area contributed by atoms with Gasteiger partial charge in [-0.1, -0.05) is 13.3 Å². The molecule has 1 fully saturated rings. The average Bonchev–Trinajstić information content (AvgIpc) is 3.02. The van der Waals surface area contributed by atoms with Crippen LogP contribution in [0.5, 0.6) is 0 Å². The van der Waals surface area contributed by atoms with Crippen molar-refractivity contribution < 1.29 is 19.1 Å². The third kappa shape index (κ3) is 6.84. The minimum Gasteiger partial charge on any atom is -0.469 e. The smallest absolute Gasteiger partial charge is 0.407 e. The Hall–Kier alpha value is -2.05. The van der Waals surface area contributed by atoms with Gasteiger partial charge in [0, 0.05) is 25.2 Å². The molecule has 2 rings (SSSR count). The molecule has 1 saturated carbocycles. The van der Waals surface area contributed by atoms with E-state index in [0.29, 0.717) is 31.8 Å². The molecule has 7 heteroatoms. The largest absolute Gasteiger partial charge is 0.469 e. The number of hydrogen-bond donors (Lipinski definition) is 1. The summed E-state index contributed by atoms with van der Waals surface area (Å²) in [5.74, 6) is 0.330. The van der Waals surface area contributed by atoms with Crippen LogP contribution in [0.1, 0.15) is 71.5 Å². The van der Waals surface area contributed by atoms with Gasteiger partial charge in [-0.15, -0.1) is 0 Å². The van der Waals surface area contributed by atoms with E-state index in [0.717, 1.165) is 11.6 Å². The van der Waals surface area contributed by atoms with Gasteiger partial charge in [0.1, 0.15) is 5.60 Å². The maximum absolute atomic E-state index is 12.2. The minimum absolute atomic E-state index is 0.235. The first-order valence-corrected chi connectivity index (χ1v) is 10.3. The molecule has 1 unspecified atom stereocenters. The van der Waals surface area contributed by atoms with Crippen LogP contribution in [0.15, 0.2) is 12.5 Å². The molecule has 28 heavy (non-hydrogen) atoms. The zero-order valence-electron chi connectivity index (χ0n) is 17.9. The Kier molecular flexibility index (Phi) is 7.89. The number of ether oxygens (including phenoxy) is 2. The van der Waals surface area contributed by atoms with Crippen molar-refractivity contribution >= 4 is 12.1 Å². The molecule has 7 nitrogen and oxygen atoms in total. The molecule has 1 aromatic heterocycles. The molecule has 0 bridgehead atoms. The zero-order chi connectivity index (χ0) is 20.7. The molecule has 158 valence electrons. The number of esters is 1. The van der Waals surface area contributed by atoms with Gasteiger partial charge >= 0.3 is 12.1 Å². The molecule has 1 heterocycles. The van der Waals surface area contributed by atoms with Crippen molar-refractivity contribution in [1.29, 1.82) is 0 Å². The van der Waals surface area contributed by atoms with Crippen molar-refractivity contribution in [3.8, 4) is 0 Å². The van der Waals surface area contributed by atoms with Gasteiger partial charge in [0.15, 0.2) is 0 Å². The lowest BCUT2D eigenvalue weighted by Crippen LogP contribution is -2.33. The van der Waals surface area contributed by atoms with Crippen LogP contribution in [-0.4, -0.2) is 40.9 Å². The van der Waals surface area contributed by atoms with Crippen LogP contribution in [0.25, 0.3) is 0 Å². The van der Waals surface area contributed by atoms with Crippen molar-refractivity contribution in [2.24, 2.45) is 11.8 Å². The van der Waals surface area contributed by atoms with Gasteiger partial charge in [-0.3, -0.25) is 4.79 Å². The number of carbonyl (C=O) groups is 2. The normalized spacial score (nSPS) is 20.2. The SMILES string of the molecule is CCC1CC(n2cnc(CC(CCCNC(=O)OC(C)(C)C)C(=O)OC)c2)C1. The van der Waals surface area contributed by atoms with Crippen LogP contribution in [0, 0.1) is 11.8 Å². The van der Waals surface area contributed by atoms with Crippen LogP contribution in [-0.2, 0) is 20.7 Å². The summed E-state index contributed by atoms with van der Waals surface area (Å²) in [5, 5.41) is 2.73. The first-order valence-electron chi connectivity index (χ1n) is 10.3. The summed E-state index contributed by atoms with van der Waals surface area (Å²) >= 11 is 0. The standard InChI is InChI=1S/C21H35N3O4/c1-6-15-10-18(11-15)24-13-17(23-14-24)12-16(19(25)27-5)8-7-9-22-20(26)28-21(2,3)4/h13-16,18H,6-12H2,1-5H3,(H,22,26). The predicted molar refractivity (Wildman–Crippen MR) is 107 cm³/mol.